The van der Waals surface area contributed by atoms with Gasteiger partial charge in [-0.3, -0.25) is 4.79 Å². The number of anilines is 2. The summed E-state index contributed by atoms with van der Waals surface area (Å²) in [7, 11) is 0. The molecule has 1 aliphatic rings. The molecular formula is C18H17N3O2. The maximum Gasteiger partial charge on any atom is 0.299 e. The summed E-state index contributed by atoms with van der Waals surface area (Å²) in [6, 6.07) is 17.4. The Morgan fingerprint density at radius 1 is 1.13 bits per heavy atom. The first-order valence-electron chi connectivity index (χ1n) is 7.79. The van der Waals surface area contributed by atoms with E-state index in [1.807, 2.05) is 59.5 Å². The zero-order valence-corrected chi connectivity index (χ0v) is 12.6. The minimum Gasteiger partial charge on any atom is -0.423 e. The molecule has 23 heavy (non-hydrogen) atoms. The van der Waals surface area contributed by atoms with Gasteiger partial charge in [-0.15, -0.1) is 0 Å². The lowest BCUT2D eigenvalue weighted by Crippen LogP contribution is -2.39. The van der Waals surface area contributed by atoms with Crippen molar-refractivity contribution < 1.29 is 9.21 Å². The third-order valence-electron chi connectivity index (χ3n) is 4.13. The Morgan fingerprint density at radius 3 is 2.74 bits per heavy atom. The van der Waals surface area contributed by atoms with Crippen LogP contribution in [0.5, 0.6) is 0 Å². The molecule has 1 saturated heterocycles. The van der Waals surface area contributed by atoms with Crippen LogP contribution in [0.3, 0.4) is 0 Å². The van der Waals surface area contributed by atoms with Crippen molar-refractivity contribution in [2.75, 3.05) is 16.8 Å². The van der Waals surface area contributed by atoms with Gasteiger partial charge in [0.1, 0.15) is 11.6 Å². The number of para-hydroxylation sites is 3. The largest absolute Gasteiger partial charge is 0.423 e. The normalized spacial score (nSPS) is 17.6. The lowest BCUT2D eigenvalue weighted by molar-refractivity contribution is -0.117. The molecule has 1 amide bonds. The van der Waals surface area contributed by atoms with Gasteiger partial charge in [0.2, 0.25) is 5.91 Å². The van der Waals surface area contributed by atoms with E-state index in [0.29, 0.717) is 6.01 Å². The fourth-order valence-corrected chi connectivity index (χ4v) is 3.00. The second-order valence-electron chi connectivity index (χ2n) is 5.67. The van der Waals surface area contributed by atoms with E-state index >= 15 is 0 Å². The highest BCUT2D eigenvalue weighted by atomic mass is 16.4. The van der Waals surface area contributed by atoms with Crippen molar-refractivity contribution in [1.82, 2.24) is 4.98 Å². The molecule has 1 N–H and O–H groups in total. The molecule has 116 valence electrons. The maximum absolute atomic E-state index is 12.6. The van der Waals surface area contributed by atoms with Crippen LogP contribution in [0, 0.1) is 0 Å². The van der Waals surface area contributed by atoms with Gasteiger partial charge in [-0.25, -0.2) is 0 Å². The predicted octanol–water partition coefficient (Wildman–Crippen LogP) is 3.44. The molecular weight excluding hydrogens is 290 g/mol. The van der Waals surface area contributed by atoms with Crippen LogP contribution in [-0.4, -0.2) is 23.5 Å². The van der Waals surface area contributed by atoms with E-state index in [1.54, 1.807) is 0 Å². The Kier molecular flexibility index (Phi) is 3.46. The molecule has 0 unspecified atom stereocenters. The van der Waals surface area contributed by atoms with Gasteiger partial charge in [-0.05, 0) is 37.1 Å². The SMILES string of the molecule is O=C(Nc1ccccc1)[C@@H]1CCCN1c1nc2ccccc2o1. The quantitative estimate of drug-likeness (QED) is 0.805. The Labute approximate surface area is 133 Å². The molecule has 1 fully saturated rings. The lowest BCUT2D eigenvalue weighted by Gasteiger charge is -2.21. The maximum atomic E-state index is 12.6. The van der Waals surface area contributed by atoms with Crippen molar-refractivity contribution >= 4 is 28.7 Å². The van der Waals surface area contributed by atoms with Crippen LogP contribution in [0.4, 0.5) is 11.7 Å². The van der Waals surface area contributed by atoms with Gasteiger partial charge in [0.15, 0.2) is 5.58 Å². The molecule has 2 aromatic carbocycles. The van der Waals surface area contributed by atoms with Crippen LogP contribution < -0.4 is 10.2 Å². The zero-order chi connectivity index (χ0) is 15.6. The first kappa shape index (κ1) is 13.8. The highest BCUT2D eigenvalue weighted by Crippen LogP contribution is 2.28. The van der Waals surface area contributed by atoms with Gasteiger partial charge in [0.25, 0.3) is 6.01 Å². The number of hydrogen-bond acceptors (Lipinski definition) is 4. The van der Waals surface area contributed by atoms with E-state index in [9.17, 15) is 4.79 Å². The number of rotatable bonds is 3. The Bertz CT molecular complexity index is 795. The van der Waals surface area contributed by atoms with Gasteiger partial charge in [-0.1, -0.05) is 30.3 Å². The molecule has 0 radical (unpaired) electrons. The van der Waals surface area contributed by atoms with Crippen LogP contribution in [0.2, 0.25) is 0 Å². The number of hydrogen-bond donors (Lipinski definition) is 1. The number of carbonyl (C=O) groups excluding carboxylic acids is 1. The molecule has 1 aromatic heterocycles. The molecule has 0 spiro atoms. The average molecular weight is 307 g/mol. The Balaban J connectivity index is 1.57. The summed E-state index contributed by atoms with van der Waals surface area (Å²) in [6.07, 6.45) is 1.75. The summed E-state index contributed by atoms with van der Waals surface area (Å²) in [4.78, 5) is 19.1. The lowest BCUT2D eigenvalue weighted by atomic mass is 10.2. The molecule has 1 atom stereocenters. The highest BCUT2D eigenvalue weighted by Gasteiger charge is 2.33. The number of nitrogens with zero attached hydrogens (tertiary/aromatic N) is 2. The summed E-state index contributed by atoms with van der Waals surface area (Å²) in [5, 5.41) is 2.97. The van der Waals surface area contributed by atoms with Crippen LogP contribution in [0.1, 0.15) is 12.8 Å². The number of oxazole rings is 1. The smallest absolute Gasteiger partial charge is 0.299 e. The molecule has 4 rings (SSSR count). The predicted molar refractivity (Wildman–Crippen MR) is 89.4 cm³/mol. The summed E-state index contributed by atoms with van der Waals surface area (Å²) >= 11 is 0. The summed E-state index contributed by atoms with van der Waals surface area (Å²) in [6.45, 7) is 0.777. The van der Waals surface area contributed by atoms with E-state index in [4.69, 9.17) is 4.42 Å². The molecule has 3 aromatic rings. The van der Waals surface area contributed by atoms with Crippen molar-refractivity contribution in [3.63, 3.8) is 0 Å². The second kappa shape index (κ2) is 5.76. The molecule has 0 saturated carbocycles. The number of nitrogens with one attached hydrogen (secondary N) is 1. The van der Waals surface area contributed by atoms with Gasteiger partial charge < -0.3 is 14.6 Å². The molecule has 5 heteroatoms. The van der Waals surface area contributed by atoms with Crippen molar-refractivity contribution in [1.29, 1.82) is 0 Å². The standard InChI is InChI=1S/C18H17N3O2/c22-17(19-13-7-2-1-3-8-13)15-10-6-12-21(15)18-20-14-9-4-5-11-16(14)23-18/h1-5,7-9,11,15H,6,10,12H2,(H,19,22)/t15-/m0/s1. The van der Waals surface area contributed by atoms with E-state index in [2.05, 4.69) is 10.3 Å². The molecule has 2 heterocycles. The Morgan fingerprint density at radius 2 is 1.91 bits per heavy atom. The number of fused-ring (bicyclic) bond motifs is 1. The van der Waals surface area contributed by atoms with Gasteiger partial charge in [0.05, 0.1) is 0 Å². The number of aromatic nitrogens is 1. The van der Waals surface area contributed by atoms with Crippen LogP contribution in [0.25, 0.3) is 11.1 Å². The Hall–Kier alpha value is -2.82. The van der Waals surface area contributed by atoms with Gasteiger partial charge in [0, 0.05) is 12.2 Å². The minimum atomic E-state index is -0.247. The second-order valence-corrected chi connectivity index (χ2v) is 5.67. The first-order valence-corrected chi connectivity index (χ1v) is 7.79. The van der Waals surface area contributed by atoms with E-state index in [0.717, 1.165) is 36.2 Å². The molecule has 1 aliphatic heterocycles. The number of benzene rings is 2. The third-order valence-corrected chi connectivity index (χ3v) is 4.13. The summed E-state index contributed by atoms with van der Waals surface area (Å²) in [5.41, 5.74) is 2.37. The van der Waals surface area contributed by atoms with E-state index < -0.39 is 0 Å². The fourth-order valence-electron chi connectivity index (χ4n) is 3.00. The van der Waals surface area contributed by atoms with Crippen molar-refractivity contribution in [3.8, 4) is 0 Å². The zero-order valence-electron chi connectivity index (χ0n) is 12.6. The third kappa shape index (κ3) is 2.65. The van der Waals surface area contributed by atoms with Gasteiger partial charge >= 0.3 is 0 Å². The van der Waals surface area contributed by atoms with E-state index in [-0.39, 0.29) is 11.9 Å². The fraction of sp³-hybridized carbons (Fsp3) is 0.222. The molecule has 5 nitrogen and oxygen atoms in total. The van der Waals surface area contributed by atoms with Crippen LogP contribution >= 0.6 is 0 Å². The minimum absolute atomic E-state index is 0.0176. The molecule has 0 aliphatic carbocycles. The first-order chi connectivity index (χ1) is 11.3. The van der Waals surface area contributed by atoms with Crippen molar-refractivity contribution in [2.24, 2.45) is 0 Å². The van der Waals surface area contributed by atoms with Crippen LogP contribution in [0.15, 0.2) is 59.0 Å². The van der Waals surface area contributed by atoms with Crippen LogP contribution in [-0.2, 0) is 4.79 Å². The number of amides is 1. The van der Waals surface area contributed by atoms with E-state index in [1.165, 1.54) is 0 Å². The highest BCUT2D eigenvalue weighted by molar-refractivity contribution is 5.97. The molecule has 0 bridgehead atoms. The van der Waals surface area contributed by atoms with Gasteiger partial charge in [-0.2, -0.15) is 4.98 Å². The summed E-state index contributed by atoms with van der Waals surface area (Å²) < 4.78 is 5.82. The van der Waals surface area contributed by atoms with Crippen molar-refractivity contribution in [3.05, 3.63) is 54.6 Å². The number of carbonyl (C=O) groups is 1. The summed E-state index contributed by atoms with van der Waals surface area (Å²) in [5.74, 6) is -0.0176. The van der Waals surface area contributed by atoms with Crippen molar-refractivity contribution in [2.45, 2.75) is 18.9 Å². The topological polar surface area (TPSA) is 58.4 Å². The monoisotopic (exact) mass is 307 g/mol. The average Bonchev–Trinajstić information content (AvgIpc) is 3.22.